The number of hydrogen-bond donors (Lipinski definition) is 1. The van der Waals surface area contributed by atoms with E-state index in [9.17, 15) is 0 Å². The summed E-state index contributed by atoms with van der Waals surface area (Å²) in [6, 6.07) is 14.9. The van der Waals surface area contributed by atoms with Crippen LogP contribution in [0.3, 0.4) is 0 Å². The van der Waals surface area contributed by atoms with Crippen LogP contribution >= 0.6 is 27.5 Å². The zero-order valence-electron chi connectivity index (χ0n) is 11.4. The second-order valence-corrected chi connectivity index (χ2v) is 6.90. The van der Waals surface area contributed by atoms with E-state index in [4.69, 9.17) is 11.6 Å². The lowest BCUT2D eigenvalue weighted by molar-refractivity contribution is 0.273. The molecular weight excluding hydrogens is 334 g/mol. The maximum Gasteiger partial charge on any atom is 0.0440 e. The molecule has 1 fully saturated rings. The van der Waals surface area contributed by atoms with Crippen molar-refractivity contribution in [2.45, 2.75) is 18.8 Å². The largest absolute Gasteiger partial charge is 0.315 e. The molecule has 0 aliphatic carbocycles. The number of halogens is 2. The minimum atomic E-state index is 0.152. The molecule has 1 aliphatic heterocycles. The second-order valence-electron chi connectivity index (χ2n) is 5.64. The Bertz CT molecular complexity index is 635. The number of rotatable bonds is 3. The van der Waals surface area contributed by atoms with Crippen LogP contribution in [0.1, 0.15) is 16.7 Å². The molecule has 1 aliphatic rings. The van der Waals surface area contributed by atoms with E-state index in [0.29, 0.717) is 0 Å². The fourth-order valence-electron chi connectivity index (χ4n) is 2.89. The molecule has 104 valence electrons. The maximum atomic E-state index is 6.41. The summed E-state index contributed by atoms with van der Waals surface area (Å²) >= 11 is 10.1. The van der Waals surface area contributed by atoms with Gasteiger partial charge in [0, 0.05) is 28.0 Å². The van der Waals surface area contributed by atoms with Crippen LogP contribution in [-0.2, 0) is 11.8 Å². The predicted molar refractivity (Wildman–Crippen MR) is 88.6 cm³/mol. The van der Waals surface area contributed by atoms with Crippen LogP contribution in [0.2, 0.25) is 5.02 Å². The van der Waals surface area contributed by atoms with Crippen molar-refractivity contribution in [1.29, 1.82) is 0 Å². The van der Waals surface area contributed by atoms with Crippen molar-refractivity contribution in [3.05, 3.63) is 68.7 Å². The smallest absolute Gasteiger partial charge is 0.0440 e. The molecule has 2 aromatic carbocycles. The zero-order valence-corrected chi connectivity index (χ0v) is 13.8. The van der Waals surface area contributed by atoms with Gasteiger partial charge in [0.1, 0.15) is 0 Å². The highest BCUT2D eigenvalue weighted by molar-refractivity contribution is 9.10. The fraction of sp³-hybridized carbons (Fsp3) is 0.294. The molecule has 20 heavy (non-hydrogen) atoms. The normalized spacial score (nSPS) is 16.8. The predicted octanol–water partition coefficient (Wildman–Crippen LogP) is 4.49. The first kappa shape index (κ1) is 14.1. The average Bonchev–Trinajstić information content (AvgIpc) is 2.37. The molecular formula is C17H17BrClN. The maximum absolute atomic E-state index is 6.41. The van der Waals surface area contributed by atoms with E-state index in [1.54, 1.807) is 0 Å². The van der Waals surface area contributed by atoms with Crippen molar-refractivity contribution in [1.82, 2.24) is 5.32 Å². The third-order valence-electron chi connectivity index (χ3n) is 4.11. The number of nitrogens with one attached hydrogen (secondary N) is 1. The molecule has 0 unspecified atom stereocenters. The number of hydrogen-bond acceptors (Lipinski definition) is 1. The molecule has 0 saturated carbocycles. The topological polar surface area (TPSA) is 12.0 Å². The molecule has 0 bridgehead atoms. The van der Waals surface area contributed by atoms with Crippen molar-refractivity contribution >= 4 is 27.5 Å². The fourth-order valence-corrected chi connectivity index (χ4v) is 3.90. The van der Waals surface area contributed by atoms with Gasteiger partial charge in [0.15, 0.2) is 0 Å². The van der Waals surface area contributed by atoms with Gasteiger partial charge in [-0.25, -0.2) is 0 Å². The van der Waals surface area contributed by atoms with Crippen LogP contribution in [0.4, 0.5) is 0 Å². The van der Waals surface area contributed by atoms with Crippen LogP contribution < -0.4 is 5.32 Å². The van der Waals surface area contributed by atoms with Gasteiger partial charge in [0.2, 0.25) is 0 Å². The highest BCUT2D eigenvalue weighted by Crippen LogP contribution is 2.38. The summed E-state index contributed by atoms with van der Waals surface area (Å²) in [5.41, 5.74) is 3.96. The Morgan fingerprint density at radius 3 is 2.55 bits per heavy atom. The standard InChI is InChI=1S/C17H17BrClN/c1-12-6-7-13(16(19)8-12)9-17(10-20-11-17)14-4-2-3-5-15(14)18/h2-8,20H,9-11H2,1H3. The van der Waals surface area contributed by atoms with Gasteiger partial charge in [-0.1, -0.05) is 57.9 Å². The minimum absolute atomic E-state index is 0.152. The van der Waals surface area contributed by atoms with Crippen LogP contribution in [0.25, 0.3) is 0 Å². The first-order chi connectivity index (χ1) is 9.61. The monoisotopic (exact) mass is 349 g/mol. The van der Waals surface area contributed by atoms with Gasteiger partial charge >= 0.3 is 0 Å². The second kappa shape index (κ2) is 5.51. The number of benzene rings is 2. The Labute approximate surface area is 133 Å². The molecule has 0 amide bonds. The van der Waals surface area contributed by atoms with Gasteiger partial charge in [0.25, 0.3) is 0 Å². The van der Waals surface area contributed by atoms with Gasteiger partial charge in [-0.05, 0) is 42.2 Å². The summed E-state index contributed by atoms with van der Waals surface area (Å²) in [6.07, 6.45) is 0.974. The van der Waals surface area contributed by atoms with E-state index in [1.165, 1.54) is 21.2 Å². The van der Waals surface area contributed by atoms with E-state index >= 15 is 0 Å². The lowest BCUT2D eigenvalue weighted by Gasteiger charge is -2.44. The molecule has 1 nitrogen and oxygen atoms in total. The lowest BCUT2D eigenvalue weighted by atomic mass is 9.71. The van der Waals surface area contributed by atoms with Gasteiger partial charge in [0.05, 0.1) is 0 Å². The minimum Gasteiger partial charge on any atom is -0.315 e. The van der Waals surface area contributed by atoms with E-state index in [-0.39, 0.29) is 5.41 Å². The van der Waals surface area contributed by atoms with Crippen molar-refractivity contribution in [2.24, 2.45) is 0 Å². The van der Waals surface area contributed by atoms with Crippen LogP contribution in [0, 0.1) is 6.92 Å². The SMILES string of the molecule is Cc1ccc(CC2(c3ccccc3Br)CNC2)c(Cl)c1. The molecule has 0 atom stereocenters. The van der Waals surface area contributed by atoms with Gasteiger partial charge in [-0.3, -0.25) is 0 Å². The summed E-state index contributed by atoms with van der Waals surface area (Å²) in [7, 11) is 0. The Kier molecular flexibility index (Phi) is 3.89. The van der Waals surface area contributed by atoms with E-state index in [2.05, 4.69) is 70.6 Å². The Balaban J connectivity index is 1.96. The molecule has 3 rings (SSSR count). The van der Waals surface area contributed by atoms with E-state index < -0.39 is 0 Å². The third kappa shape index (κ3) is 2.52. The summed E-state index contributed by atoms with van der Waals surface area (Å²) in [5, 5.41) is 4.29. The molecule has 0 radical (unpaired) electrons. The van der Waals surface area contributed by atoms with Gasteiger partial charge < -0.3 is 5.32 Å². The van der Waals surface area contributed by atoms with E-state index in [1.807, 2.05) is 0 Å². The van der Waals surface area contributed by atoms with Crippen LogP contribution in [0.15, 0.2) is 46.9 Å². The first-order valence-corrected chi connectivity index (χ1v) is 7.99. The van der Waals surface area contributed by atoms with Crippen molar-refractivity contribution < 1.29 is 0 Å². The molecule has 1 saturated heterocycles. The summed E-state index contributed by atoms with van der Waals surface area (Å²) < 4.78 is 1.18. The molecule has 3 heteroatoms. The summed E-state index contributed by atoms with van der Waals surface area (Å²) in [4.78, 5) is 0. The molecule has 0 aromatic heterocycles. The van der Waals surface area contributed by atoms with Gasteiger partial charge in [-0.15, -0.1) is 0 Å². The van der Waals surface area contributed by atoms with E-state index in [0.717, 1.165) is 24.5 Å². The molecule has 1 N–H and O–H groups in total. The molecule has 0 spiro atoms. The highest BCUT2D eigenvalue weighted by Gasteiger charge is 2.40. The summed E-state index contributed by atoms with van der Waals surface area (Å²) in [6.45, 7) is 4.07. The first-order valence-electron chi connectivity index (χ1n) is 6.81. The molecule has 2 aromatic rings. The average molecular weight is 351 g/mol. The number of aryl methyl sites for hydroxylation is 1. The Morgan fingerprint density at radius 1 is 1.20 bits per heavy atom. The Hall–Kier alpha value is -0.830. The molecule has 1 heterocycles. The zero-order chi connectivity index (χ0) is 14.2. The Morgan fingerprint density at radius 2 is 1.95 bits per heavy atom. The van der Waals surface area contributed by atoms with Crippen molar-refractivity contribution in [2.75, 3.05) is 13.1 Å². The lowest BCUT2D eigenvalue weighted by Crippen LogP contribution is -2.58. The third-order valence-corrected chi connectivity index (χ3v) is 5.15. The van der Waals surface area contributed by atoms with Gasteiger partial charge in [-0.2, -0.15) is 0 Å². The quantitative estimate of drug-likeness (QED) is 0.859. The van der Waals surface area contributed by atoms with Crippen LogP contribution in [0.5, 0.6) is 0 Å². The van der Waals surface area contributed by atoms with Crippen molar-refractivity contribution in [3.63, 3.8) is 0 Å². The highest BCUT2D eigenvalue weighted by atomic mass is 79.9. The summed E-state index contributed by atoms with van der Waals surface area (Å²) in [5.74, 6) is 0. The van der Waals surface area contributed by atoms with Crippen molar-refractivity contribution in [3.8, 4) is 0 Å². The van der Waals surface area contributed by atoms with Crippen LogP contribution in [-0.4, -0.2) is 13.1 Å².